The van der Waals surface area contributed by atoms with Gasteiger partial charge >= 0.3 is 0 Å². The van der Waals surface area contributed by atoms with Crippen LogP contribution in [0.4, 0.5) is 0 Å². The van der Waals surface area contributed by atoms with Crippen molar-refractivity contribution >= 4 is 6.02 Å². The zero-order valence-electron chi connectivity index (χ0n) is 9.16. The van der Waals surface area contributed by atoms with Crippen LogP contribution in [-0.2, 0) is 4.74 Å². The molecule has 1 atom stereocenters. The van der Waals surface area contributed by atoms with Crippen molar-refractivity contribution < 1.29 is 4.74 Å². The summed E-state index contributed by atoms with van der Waals surface area (Å²) < 4.78 is 5.72. The number of nitrogens with zero attached hydrogens (tertiary/aromatic N) is 1. The van der Waals surface area contributed by atoms with Crippen LogP contribution in [0.25, 0.3) is 0 Å². The average Bonchev–Trinajstić information content (AvgIpc) is 2.71. The first-order chi connectivity index (χ1) is 7.27. The Morgan fingerprint density at radius 2 is 2.20 bits per heavy atom. The molecule has 0 saturated carbocycles. The van der Waals surface area contributed by atoms with E-state index in [2.05, 4.69) is 29.4 Å². The molecule has 0 amide bonds. The third kappa shape index (κ3) is 2.29. The number of hydrogen-bond acceptors (Lipinski definition) is 3. The molecule has 0 radical (unpaired) electrons. The second kappa shape index (κ2) is 4.34. The molecule has 3 nitrogen and oxygen atoms in total. The molecule has 0 aliphatic carbocycles. The Morgan fingerprint density at radius 1 is 1.40 bits per heavy atom. The van der Waals surface area contributed by atoms with Gasteiger partial charge in [-0.3, -0.25) is 0 Å². The molecule has 80 valence electrons. The van der Waals surface area contributed by atoms with E-state index in [0.717, 1.165) is 13.1 Å². The maximum absolute atomic E-state index is 5.72. The van der Waals surface area contributed by atoms with Gasteiger partial charge in [0.25, 0.3) is 6.02 Å². The minimum absolute atomic E-state index is 0.0514. The molecule has 0 fully saturated rings. The zero-order valence-corrected chi connectivity index (χ0v) is 9.16. The fraction of sp³-hybridized carbons (Fsp3) is 0.417. The van der Waals surface area contributed by atoms with Crippen LogP contribution in [0.2, 0.25) is 0 Å². The largest absolute Gasteiger partial charge is 0.457 e. The summed E-state index contributed by atoms with van der Waals surface area (Å²) in [7, 11) is 0. The normalized spacial score (nSPS) is 16.8. The highest BCUT2D eigenvalue weighted by Crippen LogP contribution is 2.20. The summed E-state index contributed by atoms with van der Waals surface area (Å²) in [6, 6.07) is 8.93. The number of nitrogens with one attached hydrogen (secondary N) is 1. The molecule has 0 bridgehead atoms. The lowest BCUT2D eigenvalue weighted by Crippen LogP contribution is -2.22. The Bertz CT molecular complexity index is 374. The summed E-state index contributed by atoms with van der Waals surface area (Å²) >= 11 is 0. The van der Waals surface area contributed by atoms with Crippen LogP contribution in [0.15, 0.2) is 29.3 Å². The van der Waals surface area contributed by atoms with Gasteiger partial charge in [0.05, 0.1) is 6.54 Å². The van der Waals surface area contributed by atoms with Gasteiger partial charge in [0, 0.05) is 6.54 Å². The number of ether oxygens (including phenoxy) is 1. The van der Waals surface area contributed by atoms with E-state index in [4.69, 9.17) is 4.74 Å². The standard InChI is InChI=1S/C12H16N2O/c1-9-5-3-4-6-11(9)10(2)15-12-13-7-8-14-12/h3-6,10H,7-8H2,1-2H3,(H,13,14). The highest BCUT2D eigenvalue weighted by Gasteiger charge is 2.13. The third-order valence-corrected chi connectivity index (χ3v) is 2.56. The Morgan fingerprint density at radius 3 is 2.87 bits per heavy atom. The van der Waals surface area contributed by atoms with Crippen LogP contribution in [-0.4, -0.2) is 19.1 Å². The summed E-state index contributed by atoms with van der Waals surface area (Å²) in [6.07, 6.45) is 0.0514. The molecular weight excluding hydrogens is 188 g/mol. The second-order valence-electron chi connectivity index (χ2n) is 3.73. The molecule has 1 N–H and O–H groups in total. The van der Waals surface area contributed by atoms with E-state index < -0.39 is 0 Å². The molecule has 1 aromatic carbocycles. The van der Waals surface area contributed by atoms with Gasteiger partial charge in [-0.15, -0.1) is 0 Å². The zero-order chi connectivity index (χ0) is 10.7. The molecule has 2 rings (SSSR count). The minimum Gasteiger partial charge on any atom is -0.457 e. The summed E-state index contributed by atoms with van der Waals surface area (Å²) in [5.74, 6) is 0. The lowest BCUT2D eigenvalue weighted by molar-refractivity contribution is 0.204. The van der Waals surface area contributed by atoms with Crippen LogP contribution >= 0.6 is 0 Å². The van der Waals surface area contributed by atoms with Gasteiger partial charge in [-0.2, -0.15) is 0 Å². The Kier molecular flexibility index (Phi) is 2.90. The Hall–Kier alpha value is -1.51. The molecule has 15 heavy (non-hydrogen) atoms. The number of rotatable bonds is 2. The SMILES string of the molecule is Cc1ccccc1C(C)OC1=NCCN1. The summed E-state index contributed by atoms with van der Waals surface area (Å²) in [5, 5.41) is 3.10. The first kappa shape index (κ1) is 10.0. The highest BCUT2D eigenvalue weighted by atomic mass is 16.5. The topological polar surface area (TPSA) is 33.6 Å². The number of aliphatic imine (C=N–C) groups is 1. The monoisotopic (exact) mass is 204 g/mol. The third-order valence-electron chi connectivity index (χ3n) is 2.56. The van der Waals surface area contributed by atoms with Gasteiger partial charge in [-0.25, -0.2) is 4.99 Å². The van der Waals surface area contributed by atoms with Gasteiger partial charge in [0.1, 0.15) is 6.10 Å². The molecule has 1 unspecified atom stereocenters. The first-order valence-electron chi connectivity index (χ1n) is 5.28. The smallest absolute Gasteiger partial charge is 0.285 e. The number of hydrogen-bond donors (Lipinski definition) is 1. The fourth-order valence-corrected chi connectivity index (χ4v) is 1.73. The van der Waals surface area contributed by atoms with E-state index in [-0.39, 0.29) is 6.10 Å². The lowest BCUT2D eigenvalue weighted by Gasteiger charge is -2.16. The summed E-state index contributed by atoms with van der Waals surface area (Å²) in [5.41, 5.74) is 2.47. The highest BCUT2D eigenvalue weighted by molar-refractivity contribution is 5.75. The van der Waals surface area contributed by atoms with Crippen molar-refractivity contribution in [2.24, 2.45) is 4.99 Å². The fourth-order valence-electron chi connectivity index (χ4n) is 1.73. The van der Waals surface area contributed by atoms with Gasteiger partial charge < -0.3 is 10.1 Å². The molecule has 1 heterocycles. The van der Waals surface area contributed by atoms with Crippen molar-refractivity contribution in [2.75, 3.05) is 13.1 Å². The first-order valence-corrected chi connectivity index (χ1v) is 5.28. The molecule has 0 aromatic heterocycles. The number of benzene rings is 1. The van der Waals surface area contributed by atoms with Crippen molar-refractivity contribution in [3.05, 3.63) is 35.4 Å². The van der Waals surface area contributed by atoms with Crippen LogP contribution in [0, 0.1) is 6.92 Å². The van der Waals surface area contributed by atoms with Crippen molar-refractivity contribution in [3.8, 4) is 0 Å². The lowest BCUT2D eigenvalue weighted by atomic mass is 10.1. The van der Waals surface area contributed by atoms with Crippen LogP contribution in [0.5, 0.6) is 0 Å². The predicted octanol–water partition coefficient (Wildman–Crippen LogP) is 2.03. The number of amidine groups is 1. The van der Waals surface area contributed by atoms with Crippen LogP contribution in [0.3, 0.4) is 0 Å². The average molecular weight is 204 g/mol. The maximum atomic E-state index is 5.72. The quantitative estimate of drug-likeness (QED) is 0.799. The Balaban J connectivity index is 2.07. The summed E-state index contributed by atoms with van der Waals surface area (Å²) in [6.45, 7) is 5.84. The van der Waals surface area contributed by atoms with E-state index in [1.54, 1.807) is 0 Å². The minimum atomic E-state index is 0.0514. The maximum Gasteiger partial charge on any atom is 0.285 e. The van der Waals surface area contributed by atoms with Crippen molar-refractivity contribution in [1.29, 1.82) is 0 Å². The summed E-state index contributed by atoms with van der Waals surface area (Å²) in [4.78, 5) is 4.21. The van der Waals surface area contributed by atoms with Crippen molar-refractivity contribution in [3.63, 3.8) is 0 Å². The Labute approximate surface area is 90.2 Å². The van der Waals surface area contributed by atoms with E-state index in [9.17, 15) is 0 Å². The molecule has 1 aliphatic heterocycles. The number of aryl methyl sites for hydroxylation is 1. The predicted molar refractivity (Wildman–Crippen MR) is 61.0 cm³/mol. The van der Waals surface area contributed by atoms with Gasteiger partial charge in [0.2, 0.25) is 0 Å². The van der Waals surface area contributed by atoms with Gasteiger partial charge in [0.15, 0.2) is 0 Å². The van der Waals surface area contributed by atoms with Gasteiger partial charge in [-0.1, -0.05) is 24.3 Å². The molecular formula is C12H16N2O. The van der Waals surface area contributed by atoms with Crippen LogP contribution < -0.4 is 5.32 Å². The van der Waals surface area contributed by atoms with Crippen molar-refractivity contribution in [1.82, 2.24) is 5.32 Å². The van der Waals surface area contributed by atoms with E-state index in [1.165, 1.54) is 11.1 Å². The molecule has 1 aliphatic rings. The molecule has 0 spiro atoms. The van der Waals surface area contributed by atoms with E-state index in [0.29, 0.717) is 6.02 Å². The van der Waals surface area contributed by atoms with E-state index >= 15 is 0 Å². The van der Waals surface area contributed by atoms with Gasteiger partial charge in [-0.05, 0) is 25.0 Å². The molecule has 3 heteroatoms. The van der Waals surface area contributed by atoms with E-state index in [1.807, 2.05) is 19.1 Å². The van der Waals surface area contributed by atoms with Crippen molar-refractivity contribution in [2.45, 2.75) is 20.0 Å². The second-order valence-corrected chi connectivity index (χ2v) is 3.73. The molecule has 0 saturated heterocycles. The molecule has 1 aromatic rings. The van der Waals surface area contributed by atoms with Crippen LogP contribution in [0.1, 0.15) is 24.2 Å².